The Kier molecular flexibility index (Phi) is 4.08. The molecule has 0 amide bonds. The third kappa shape index (κ3) is 3.04. The van der Waals surface area contributed by atoms with Gasteiger partial charge in [-0.05, 0) is 17.7 Å². The first kappa shape index (κ1) is 13.2. The molecule has 0 saturated heterocycles. The van der Waals surface area contributed by atoms with Gasteiger partial charge in [-0.1, -0.05) is 28.1 Å². The van der Waals surface area contributed by atoms with E-state index in [0.29, 0.717) is 5.56 Å². The smallest absolute Gasteiger partial charge is 0.212 e. The maximum Gasteiger partial charge on any atom is 0.212 e. The van der Waals surface area contributed by atoms with Crippen LogP contribution >= 0.6 is 15.9 Å². The van der Waals surface area contributed by atoms with Crippen LogP contribution in [0.4, 0.5) is 0 Å². The van der Waals surface area contributed by atoms with Crippen LogP contribution in [0.15, 0.2) is 28.7 Å². The Morgan fingerprint density at radius 1 is 1.38 bits per heavy atom. The highest BCUT2D eigenvalue weighted by Gasteiger charge is 2.23. The molecule has 1 aromatic carbocycles. The molecule has 4 nitrogen and oxygen atoms in total. The highest BCUT2D eigenvalue weighted by atomic mass is 79.9. The Morgan fingerprint density at radius 3 is 2.25 bits per heavy atom. The minimum absolute atomic E-state index is 0.652. The maximum absolute atomic E-state index is 11.3. The Bertz CT molecular complexity index is 505. The predicted molar refractivity (Wildman–Crippen MR) is 65.1 cm³/mol. The molecule has 0 radical (unpaired) electrons. The van der Waals surface area contributed by atoms with E-state index in [2.05, 4.69) is 15.9 Å². The fraction of sp³-hybridized carbons (Fsp3) is 0.300. The molecule has 0 aliphatic rings. The summed E-state index contributed by atoms with van der Waals surface area (Å²) in [7, 11) is -1.98. The number of nitriles is 1. The summed E-state index contributed by atoms with van der Waals surface area (Å²) in [5.74, 6) is 0. The number of sulfonamides is 1. The largest absolute Gasteiger partial charge is 0.212 e. The fourth-order valence-electron chi connectivity index (χ4n) is 1.20. The molecule has 0 saturated carbocycles. The van der Waals surface area contributed by atoms with Crippen molar-refractivity contribution in [3.63, 3.8) is 0 Å². The summed E-state index contributed by atoms with van der Waals surface area (Å²) in [5, 5.41) is 9.01. The van der Waals surface area contributed by atoms with Crippen molar-refractivity contribution in [2.24, 2.45) is 0 Å². The molecule has 0 aliphatic carbocycles. The highest BCUT2D eigenvalue weighted by Crippen LogP contribution is 2.22. The quantitative estimate of drug-likeness (QED) is 0.857. The van der Waals surface area contributed by atoms with E-state index >= 15 is 0 Å². The Morgan fingerprint density at radius 2 is 1.88 bits per heavy atom. The van der Waals surface area contributed by atoms with Crippen LogP contribution in [0.25, 0.3) is 0 Å². The van der Waals surface area contributed by atoms with Gasteiger partial charge in [0.15, 0.2) is 0 Å². The van der Waals surface area contributed by atoms with E-state index < -0.39 is 16.1 Å². The third-order valence-electron chi connectivity index (χ3n) is 2.19. The van der Waals surface area contributed by atoms with Gasteiger partial charge in [0.25, 0.3) is 0 Å². The van der Waals surface area contributed by atoms with Crippen molar-refractivity contribution < 1.29 is 8.42 Å². The first-order valence-electron chi connectivity index (χ1n) is 4.44. The van der Waals surface area contributed by atoms with Crippen LogP contribution in [0.5, 0.6) is 0 Å². The van der Waals surface area contributed by atoms with E-state index in [-0.39, 0.29) is 0 Å². The Balaban J connectivity index is 3.10. The molecule has 1 unspecified atom stereocenters. The second-order valence-corrected chi connectivity index (χ2v) is 6.32. The summed E-state index contributed by atoms with van der Waals surface area (Å²) in [6.45, 7) is 0. The molecule has 0 aliphatic heterocycles. The molecule has 1 aromatic rings. The number of benzene rings is 1. The van der Waals surface area contributed by atoms with E-state index in [1.807, 2.05) is 6.07 Å². The molecule has 1 rings (SSSR count). The van der Waals surface area contributed by atoms with Gasteiger partial charge in [-0.2, -0.15) is 9.57 Å². The zero-order valence-corrected chi connectivity index (χ0v) is 11.3. The Labute approximate surface area is 104 Å². The van der Waals surface area contributed by atoms with E-state index in [4.69, 9.17) is 5.26 Å². The lowest BCUT2D eigenvalue weighted by molar-refractivity contribution is 0.437. The highest BCUT2D eigenvalue weighted by molar-refractivity contribution is 9.10. The maximum atomic E-state index is 11.3. The lowest BCUT2D eigenvalue weighted by atomic mass is 10.1. The summed E-state index contributed by atoms with van der Waals surface area (Å²) >= 11 is 3.28. The zero-order valence-electron chi connectivity index (χ0n) is 8.88. The second kappa shape index (κ2) is 4.95. The summed E-state index contributed by atoms with van der Waals surface area (Å²) in [4.78, 5) is 0. The zero-order chi connectivity index (χ0) is 12.3. The molecule has 1 atom stereocenters. The average molecular weight is 303 g/mol. The molecule has 16 heavy (non-hydrogen) atoms. The SMILES string of the molecule is CN(C(C#N)c1ccc(Br)cc1)S(C)(=O)=O. The third-order valence-corrected chi connectivity index (χ3v) is 3.98. The van der Waals surface area contributed by atoms with Gasteiger partial charge < -0.3 is 0 Å². The molecule has 0 heterocycles. The standard InChI is InChI=1S/C10H11BrN2O2S/c1-13(16(2,14)15)10(7-12)8-3-5-9(11)6-4-8/h3-6,10H,1-2H3. The van der Waals surface area contributed by atoms with Gasteiger partial charge in [0, 0.05) is 11.5 Å². The minimum atomic E-state index is -3.37. The van der Waals surface area contributed by atoms with Gasteiger partial charge in [0.05, 0.1) is 12.3 Å². The van der Waals surface area contributed by atoms with Crippen molar-refractivity contribution in [3.05, 3.63) is 34.3 Å². The van der Waals surface area contributed by atoms with E-state index in [0.717, 1.165) is 15.0 Å². The minimum Gasteiger partial charge on any atom is -0.212 e. The summed E-state index contributed by atoms with van der Waals surface area (Å²) in [5.41, 5.74) is 0.652. The van der Waals surface area contributed by atoms with E-state index in [9.17, 15) is 8.42 Å². The number of halogens is 1. The lowest BCUT2D eigenvalue weighted by Crippen LogP contribution is -2.29. The number of rotatable bonds is 3. The van der Waals surface area contributed by atoms with Gasteiger partial charge in [0.2, 0.25) is 10.0 Å². The molecular weight excluding hydrogens is 292 g/mol. The van der Waals surface area contributed by atoms with Gasteiger partial charge in [-0.3, -0.25) is 0 Å². The summed E-state index contributed by atoms with van der Waals surface area (Å²) in [6.07, 6.45) is 1.08. The molecule has 0 spiro atoms. The van der Waals surface area contributed by atoms with Crippen molar-refractivity contribution in [3.8, 4) is 6.07 Å². The fourth-order valence-corrected chi connectivity index (χ4v) is 2.02. The molecule has 6 heteroatoms. The molecule has 0 bridgehead atoms. The predicted octanol–water partition coefficient (Wildman–Crippen LogP) is 1.91. The van der Waals surface area contributed by atoms with Gasteiger partial charge >= 0.3 is 0 Å². The molecule has 0 aromatic heterocycles. The van der Waals surface area contributed by atoms with Crippen molar-refractivity contribution in [1.29, 1.82) is 5.26 Å². The van der Waals surface area contributed by atoms with Crippen molar-refractivity contribution >= 4 is 26.0 Å². The van der Waals surface area contributed by atoms with Crippen LogP contribution < -0.4 is 0 Å². The van der Waals surface area contributed by atoms with Crippen LogP contribution in [-0.2, 0) is 10.0 Å². The van der Waals surface area contributed by atoms with Crippen LogP contribution in [0.1, 0.15) is 11.6 Å². The van der Waals surface area contributed by atoms with Crippen LogP contribution in [-0.4, -0.2) is 26.0 Å². The molecule has 86 valence electrons. The van der Waals surface area contributed by atoms with Gasteiger partial charge in [-0.15, -0.1) is 0 Å². The van der Waals surface area contributed by atoms with E-state index in [1.165, 1.54) is 7.05 Å². The van der Waals surface area contributed by atoms with Crippen LogP contribution in [0.3, 0.4) is 0 Å². The monoisotopic (exact) mass is 302 g/mol. The van der Waals surface area contributed by atoms with Crippen molar-refractivity contribution in [2.75, 3.05) is 13.3 Å². The molecule has 0 fully saturated rings. The number of hydrogen-bond acceptors (Lipinski definition) is 3. The molecular formula is C10H11BrN2O2S. The number of nitrogens with zero attached hydrogens (tertiary/aromatic N) is 2. The van der Waals surface area contributed by atoms with Gasteiger partial charge in [-0.25, -0.2) is 8.42 Å². The number of hydrogen-bond donors (Lipinski definition) is 0. The van der Waals surface area contributed by atoms with Gasteiger partial charge in [0.1, 0.15) is 6.04 Å². The topological polar surface area (TPSA) is 61.2 Å². The lowest BCUT2D eigenvalue weighted by Gasteiger charge is -2.20. The van der Waals surface area contributed by atoms with Crippen LogP contribution in [0.2, 0.25) is 0 Å². The average Bonchev–Trinajstić information content (AvgIpc) is 2.20. The Hall–Kier alpha value is -0.900. The first-order valence-corrected chi connectivity index (χ1v) is 7.08. The van der Waals surface area contributed by atoms with Crippen molar-refractivity contribution in [1.82, 2.24) is 4.31 Å². The van der Waals surface area contributed by atoms with Crippen LogP contribution in [0, 0.1) is 11.3 Å². The normalized spacial score (nSPS) is 13.4. The summed E-state index contributed by atoms with van der Waals surface area (Å²) < 4.78 is 24.6. The van der Waals surface area contributed by atoms with E-state index in [1.54, 1.807) is 24.3 Å². The summed E-state index contributed by atoms with van der Waals surface area (Å²) in [6, 6.07) is 8.18. The van der Waals surface area contributed by atoms with Crippen molar-refractivity contribution in [2.45, 2.75) is 6.04 Å². The second-order valence-electron chi connectivity index (χ2n) is 3.36. The first-order chi connectivity index (χ1) is 7.36. The molecule has 0 N–H and O–H groups in total.